The second-order valence-electron chi connectivity index (χ2n) is 4.17. The Balaban J connectivity index is 2.65. The number of hydrogen-bond donors (Lipinski definition) is 1. The zero-order valence-electron chi connectivity index (χ0n) is 9.86. The van der Waals surface area contributed by atoms with Crippen molar-refractivity contribution in [1.82, 2.24) is 0 Å². The summed E-state index contributed by atoms with van der Waals surface area (Å²) in [6, 6.07) is 8.39. The van der Waals surface area contributed by atoms with Gasteiger partial charge in [0.2, 0.25) is 0 Å². The molecule has 0 saturated heterocycles. The average Bonchev–Trinajstić information content (AvgIpc) is 2.17. The van der Waals surface area contributed by atoms with Crippen LogP contribution in [0.2, 0.25) is 0 Å². The molecule has 2 N–H and O–H groups in total. The van der Waals surface area contributed by atoms with Crippen molar-refractivity contribution in [2.24, 2.45) is 5.73 Å². The van der Waals surface area contributed by atoms with Gasteiger partial charge in [-0.15, -0.1) is 0 Å². The number of hydrogen-bond acceptors (Lipinski definition) is 2. The predicted octanol–water partition coefficient (Wildman–Crippen LogP) is 2.75. The van der Waals surface area contributed by atoms with Gasteiger partial charge in [-0.2, -0.15) is 0 Å². The molecule has 15 heavy (non-hydrogen) atoms. The van der Waals surface area contributed by atoms with E-state index in [4.69, 9.17) is 10.5 Å². The second-order valence-corrected chi connectivity index (χ2v) is 4.17. The molecule has 0 aliphatic rings. The summed E-state index contributed by atoms with van der Waals surface area (Å²) in [5.74, 6) is 0.947. The lowest BCUT2D eigenvalue weighted by molar-refractivity contribution is 0.217. The molecule has 1 rings (SSSR count). The van der Waals surface area contributed by atoms with Crippen molar-refractivity contribution < 1.29 is 4.74 Å². The Kier molecular flexibility index (Phi) is 4.63. The number of nitrogens with two attached hydrogens (primary N) is 1. The summed E-state index contributed by atoms with van der Waals surface area (Å²) in [4.78, 5) is 0. The van der Waals surface area contributed by atoms with Gasteiger partial charge in [0.1, 0.15) is 5.75 Å². The number of rotatable bonds is 5. The van der Waals surface area contributed by atoms with Gasteiger partial charge in [-0.1, -0.05) is 19.1 Å². The zero-order chi connectivity index (χ0) is 11.3. The van der Waals surface area contributed by atoms with E-state index in [1.807, 2.05) is 19.1 Å². The summed E-state index contributed by atoms with van der Waals surface area (Å²) in [7, 11) is 0. The first-order valence-corrected chi connectivity index (χ1v) is 5.63. The monoisotopic (exact) mass is 207 g/mol. The SMILES string of the molecule is CCC(C)Oc1cccc(C[C@H](C)N)c1. The maximum atomic E-state index is 5.76. The molecule has 0 saturated carbocycles. The summed E-state index contributed by atoms with van der Waals surface area (Å²) in [5.41, 5.74) is 7.00. The largest absolute Gasteiger partial charge is 0.491 e. The minimum absolute atomic E-state index is 0.198. The first-order valence-electron chi connectivity index (χ1n) is 5.63. The first-order chi connectivity index (χ1) is 7.11. The lowest BCUT2D eigenvalue weighted by atomic mass is 10.1. The van der Waals surface area contributed by atoms with Gasteiger partial charge in [0.25, 0.3) is 0 Å². The molecule has 0 fully saturated rings. The summed E-state index contributed by atoms with van der Waals surface area (Å²) >= 11 is 0. The van der Waals surface area contributed by atoms with Gasteiger partial charge < -0.3 is 10.5 Å². The molecule has 0 aliphatic heterocycles. The van der Waals surface area contributed by atoms with Gasteiger partial charge in [-0.05, 0) is 44.4 Å². The van der Waals surface area contributed by atoms with E-state index in [-0.39, 0.29) is 12.1 Å². The van der Waals surface area contributed by atoms with Crippen molar-refractivity contribution in [2.45, 2.75) is 45.8 Å². The van der Waals surface area contributed by atoms with Crippen molar-refractivity contribution in [3.8, 4) is 5.75 Å². The molecule has 0 aromatic heterocycles. The van der Waals surface area contributed by atoms with Crippen molar-refractivity contribution in [3.05, 3.63) is 29.8 Å². The predicted molar refractivity (Wildman–Crippen MR) is 64.2 cm³/mol. The van der Waals surface area contributed by atoms with Crippen molar-refractivity contribution in [1.29, 1.82) is 0 Å². The Morgan fingerprint density at radius 3 is 2.67 bits per heavy atom. The lowest BCUT2D eigenvalue weighted by Gasteiger charge is -2.13. The summed E-state index contributed by atoms with van der Waals surface area (Å²) in [6.07, 6.45) is 2.20. The minimum atomic E-state index is 0.198. The molecule has 2 nitrogen and oxygen atoms in total. The van der Waals surface area contributed by atoms with Gasteiger partial charge in [0.15, 0.2) is 0 Å². The Bertz CT molecular complexity index is 296. The lowest BCUT2D eigenvalue weighted by Crippen LogP contribution is -2.17. The average molecular weight is 207 g/mol. The van der Waals surface area contributed by atoms with Crippen molar-refractivity contribution in [2.75, 3.05) is 0 Å². The molecule has 1 aromatic rings. The fourth-order valence-corrected chi connectivity index (χ4v) is 1.43. The molecule has 0 bridgehead atoms. The van der Waals surface area contributed by atoms with E-state index in [1.54, 1.807) is 0 Å². The van der Waals surface area contributed by atoms with E-state index in [0.717, 1.165) is 18.6 Å². The molecule has 1 aromatic carbocycles. The van der Waals surface area contributed by atoms with Crippen LogP contribution in [0, 0.1) is 0 Å². The van der Waals surface area contributed by atoms with E-state index in [2.05, 4.69) is 26.0 Å². The van der Waals surface area contributed by atoms with Crippen LogP contribution in [0.4, 0.5) is 0 Å². The first kappa shape index (κ1) is 12.1. The fraction of sp³-hybridized carbons (Fsp3) is 0.538. The summed E-state index contributed by atoms with van der Waals surface area (Å²) in [5, 5.41) is 0. The molecule has 84 valence electrons. The molecule has 2 heteroatoms. The topological polar surface area (TPSA) is 35.2 Å². The van der Waals surface area contributed by atoms with Crippen LogP contribution >= 0.6 is 0 Å². The molecule has 1 unspecified atom stereocenters. The summed E-state index contributed by atoms with van der Waals surface area (Å²) < 4.78 is 5.74. The van der Waals surface area contributed by atoms with Gasteiger partial charge in [-0.3, -0.25) is 0 Å². The molecule has 0 amide bonds. The van der Waals surface area contributed by atoms with Crippen LogP contribution in [0.1, 0.15) is 32.8 Å². The quantitative estimate of drug-likeness (QED) is 0.805. The van der Waals surface area contributed by atoms with E-state index < -0.39 is 0 Å². The minimum Gasteiger partial charge on any atom is -0.491 e. The maximum Gasteiger partial charge on any atom is 0.119 e. The van der Waals surface area contributed by atoms with E-state index in [0.29, 0.717) is 0 Å². The van der Waals surface area contributed by atoms with Crippen LogP contribution in [-0.4, -0.2) is 12.1 Å². The number of benzene rings is 1. The second kappa shape index (κ2) is 5.76. The highest BCUT2D eigenvalue weighted by Gasteiger charge is 2.03. The molecule has 0 aliphatic carbocycles. The third kappa shape index (κ3) is 4.34. The highest BCUT2D eigenvalue weighted by atomic mass is 16.5. The Labute approximate surface area is 92.4 Å². The van der Waals surface area contributed by atoms with Crippen LogP contribution in [-0.2, 0) is 6.42 Å². The maximum absolute atomic E-state index is 5.76. The molecule has 0 radical (unpaired) electrons. The number of ether oxygens (including phenoxy) is 1. The molecule has 2 atom stereocenters. The zero-order valence-corrected chi connectivity index (χ0v) is 9.86. The van der Waals surface area contributed by atoms with Crippen LogP contribution in [0.3, 0.4) is 0 Å². The van der Waals surface area contributed by atoms with Crippen LogP contribution in [0.15, 0.2) is 24.3 Å². The highest BCUT2D eigenvalue weighted by molar-refractivity contribution is 5.29. The van der Waals surface area contributed by atoms with Crippen LogP contribution in [0.5, 0.6) is 5.75 Å². The van der Waals surface area contributed by atoms with Crippen molar-refractivity contribution in [3.63, 3.8) is 0 Å². The van der Waals surface area contributed by atoms with E-state index >= 15 is 0 Å². The fourth-order valence-electron chi connectivity index (χ4n) is 1.43. The Morgan fingerprint density at radius 1 is 1.33 bits per heavy atom. The van der Waals surface area contributed by atoms with Crippen molar-refractivity contribution >= 4 is 0 Å². The highest BCUT2D eigenvalue weighted by Crippen LogP contribution is 2.16. The normalized spacial score (nSPS) is 14.7. The Morgan fingerprint density at radius 2 is 2.07 bits per heavy atom. The van der Waals surface area contributed by atoms with Gasteiger partial charge in [0, 0.05) is 6.04 Å². The standard InChI is InChI=1S/C13H21NO/c1-4-11(3)15-13-7-5-6-12(9-13)8-10(2)14/h5-7,9-11H,4,8,14H2,1-3H3/t10-,11?/m0/s1. The van der Waals surface area contributed by atoms with Crippen LogP contribution in [0.25, 0.3) is 0 Å². The van der Waals surface area contributed by atoms with Gasteiger partial charge >= 0.3 is 0 Å². The van der Waals surface area contributed by atoms with Crippen LogP contribution < -0.4 is 10.5 Å². The van der Waals surface area contributed by atoms with E-state index in [1.165, 1.54) is 5.56 Å². The Hall–Kier alpha value is -1.02. The van der Waals surface area contributed by atoms with Gasteiger partial charge in [-0.25, -0.2) is 0 Å². The van der Waals surface area contributed by atoms with Gasteiger partial charge in [0.05, 0.1) is 6.10 Å². The smallest absolute Gasteiger partial charge is 0.119 e. The molecule has 0 spiro atoms. The molecular weight excluding hydrogens is 186 g/mol. The third-order valence-corrected chi connectivity index (χ3v) is 2.37. The summed E-state index contributed by atoms with van der Waals surface area (Å²) in [6.45, 7) is 6.22. The van der Waals surface area contributed by atoms with E-state index in [9.17, 15) is 0 Å². The molecular formula is C13H21NO. The third-order valence-electron chi connectivity index (χ3n) is 2.37. The molecule has 0 heterocycles.